The number of rotatable bonds is 6. The molecule has 2 heterocycles. The van der Waals surface area contributed by atoms with E-state index in [1.165, 1.54) is 0 Å². The van der Waals surface area contributed by atoms with Crippen LogP contribution >= 0.6 is 0 Å². The molecule has 2 amide bonds. The highest BCUT2D eigenvalue weighted by Gasteiger charge is 2.31. The number of carbonyl (C=O) groups is 2. The van der Waals surface area contributed by atoms with Gasteiger partial charge in [-0.05, 0) is 30.5 Å². The van der Waals surface area contributed by atoms with Crippen LogP contribution in [0.4, 0.5) is 0 Å². The molecule has 1 N–H and O–H groups in total. The molecule has 3 aromatic rings. The van der Waals surface area contributed by atoms with E-state index in [2.05, 4.69) is 5.32 Å². The van der Waals surface area contributed by atoms with Crippen LogP contribution in [0.2, 0.25) is 0 Å². The molecule has 7 nitrogen and oxygen atoms in total. The zero-order valence-corrected chi connectivity index (χ0v) is 21.0. The Hall–Kier alpha value is -3.61. The first-order chi connectivity index (χ1) is 16.7. The smallest absolute Gasteiger partial charge is 0.255 e. The Kier molecular flexibility index (Phi) is 7.24. The molecule has 1 aliphatic heterocycles. The highest BCUT2D eigenvalue weighted by Crippen LogP contribution is 2.27. The van der Waals surface area contributed by atoms with Crippen molar-refractivity contribution in [3.05, 3.63) is 71.9 Å². The van der Waals surface area contributed by atoms with Crippen molar-refractivity contribution in [2.24, 2.45) is 5.41 Å². The number of aromatic nitrogens is 2. The summed E-state index contributed by atoms with van der Waals surface area (Å²) in [6.07, 6.45) is 3.29. The van der Waals surface area contributed by atoms with Crippen molar-refractivity contribution in [3.8, 4) is 17.0 Å². The summed E-state index contributed by atoms with van der Waals surface area (Å²) in [5.41, 5.74) is 2.69. The molecule has 0 spiro atoms. The summed E-state index contributed by atoms with van der Waals surface area (Å²) in [7, 11) is 1.62. The Labute approximate surface area is 207 Å². The number of methoxy groups -OCH3 is 1. The van der Waals surface area contributed by atoms with Gasteiger partial charge >= 0.3 is 0 Å². The van der Waals surface area contributed by atoms with Crippen LogP contribution in [0.15, 0.2) is 60.8 Å². The van der Waals surface area contributed by atoms with Crippen LogP contribution < -0.4 is 10.1 Å². The normalized spacial score (nSPS) is 14.6. The van der Waals surface area contributed by atoms with Gasteiger partial charge in [0, 0.05) is 36.3 Å². The average Bonchev–Trinajstić information content (AvgIpc) is 3.28. The van der Waals surface area contributed by atoms with E-state index in [0.29, 0.717) is 36.6 Å². The van der Waals surface area contributed by atoms with Gasteiger partial charge < -0.3 is 15.0 Å². The van der Waals surface area contributed by atoms with Crippen LogP contribution in [-0.4, -0.2) is 52.7 Å². The van der Waals surface area contributed by atoms with Crippen molar-refractivity contribution >= 4 is 11.8 Å². The zero-order valence-electron chi connectivity index (χ0n) is 21.0. The fourth-order valence-electron chi connectivity index (χ4n) is 4.39. The molecule has 1 saturated heterocycles. The molecule has 4 rings (SSSR count). The molecule has 1 aliphatic rings. The molecule has 35 heavy (non-hydrogen) atoms. The molecule has 0 bridgehead atoms. The molecule has 0 atom stereocenters. The largest absolute Gasteiger partial charge is 0.497 e. The number of benzene rings is 2. The minimum atomic E-state index is -0.394. The van der Waals surface area contributed by atoms with Crippen molar-refractivity contribution < 1.29 is 14.3 Å². The molecular formula is C28H34N4O3. The second kappa shape index (κ2) is 10.3. The van der Waals surface area contributed by atoms with Gasteiger partial charge in [-0.2, -0.15) is 5.10 Å². The molecule has 0 radical (unpaired) electrons. The first-order valence-corrected chi connectivity index (χ1v) is 12.1. The molecule has 0 aliphatic carbocycles. The number of likely N-dealkylation sites (tertiary alicyclic amines) is 1. The molecule has 184 valence electrons. The Bertz CT molecular complexity index is 1170. The van der Waals surface area contributed by atoms with Gasteiger partial charge in [0.2, 0.25) is 5.91 Å². The lowest BCUT2D eigenvalue weighted by atomic mass is 9.93. The third-order valence-electron chi connectivity index (χ3n) is 6.30. The van der Waals surface area contributed by atoms with Crippen molar-refractivity contribution in [3.63, 3.8) is 0 Å². The van der Waals surface area contributed by atoms with Gasteiger partial charge in [0.15, 0.2) is 0 Å². The monoisotopic (exact) mass is 474 g/mol. The summed E-state index contributed by atoms with van der Waals surface area (Å²) in [5, 5.41) is 7.96. The second-order valence-electron chi connectivity index (χ2n) is 10.1. The number of hydrogen-bond acceptors (Lipinski definition) is 4. The average molecular weight is 475 g/mol. The molecule has 7 heteroatoms. The summed E-state index contributed by atoms with van der Waals surface area (Å²) in [6.45, 7) is 7.69. The van der Waals surface area contributed by atoms with Gasteiger partial charge in [0.05, 0.1) is 19.2 Å². The quantitative estimate of drug-likeness (QED) is 0.576. The van der Waals surface area contributed by atoms with Crippen LogP contribution in [-0.2, 0) is 11.3 Å². The minimum absolute atomic E-state index is 0.0159. The fraction of sp³-hybridized carbons (Fsp3) is 0.393. The van der Waals surface area contributed by atoms with Crippen molar-refractivity contribution in [1.29, 1.82) is 0 Å². The third-order valence-corrected chi connectivity index (χ3v) is 6.30. The van der Waals surface area contributed by atoms with Gasteiger partial charge in [-0.25, -0.2) is 0 Å². The number of nitrogens with zero attached hydrogens (tertiary/aromatic N) is 3. The van der Waals surface area contributed by atoms with E-state index in [1.807, 2.05) is 91.1 Å². The van der Waals surface area contributed by atoms with Gasteiger partial charge in [0.1, 0.15) is 11.4 Å². The first kappa shape index (κ1) is 24.5. The van der Waals surface area contributed by atoms with Crippen molar-refractivity contribution in [1.82, 2.24) is 20.0 Å². The first-order valence-electron chi connectivity index (χ1n) is 12.1. The Morgan fingerprint density at radius 3 is 2.43 bits per heavy atom. The predicted molar refractivity (Wildman–Crippen MR) is 136 cm³/mol. The van der Waals surface area contributed by atoms with Gasteiger partial charge in [-0.15, -0.1) is 0 Å². The number of ether oxygens (including phenoxy) is 1. The van der Waals surface area contributed by atoms with E-state index in [0.717, 1.165) is 24.0 Å². The number of piperidine rings is 1. The maximum atomic E-state index is 13.4. The van der Waals surface area contributed by atoms with Crippen LogP contribution in [0.5, 0.6) is 5.75 Å². The maximum Gasteiger partial charge on any atom is 0.255 e. The molecular weight excluding hydrogens is 440 g/mol. The summed E-state index contributed by atoms with van der Waals surface area (Å²) in [6, 6.07) is 17.7. The van der Waals surface area contributed by atoms with Crippen molar-refractivity contribution in [2.75, 3.05) is 20.2 Å². The second-order valence-corrected chi connectivity index (χ2v) is 10.1. The Morgan fingerprint density at radius 2 is 1.77 bits per heavy atom. The molecule has 1 aromatic heterocycles. The lowest BCUT2D eigenvalue weighted by molar-refractivity contribution is -0.140. The van der Waals surface area contributed by atoms with Crippen LogP contribution in [0.25, 0.3) is 11.3 Å². The van der Waals surface area contributed by atoms with Gasteiger partial charge in [-0.1, -0.05) is 63.2 Å². The summed E-state index contributed by atoms with van der Waals surface area (Å²) in [4.78, 5) is 27.9. The lowest BCUT2D eigenvalue weighted by Crippen LogP contribution is -2.49. The highest BCUT2D eigenvalue weighted by atomic mass is 16.5. The maximum absolute atomic E-state index is 13.4. The van der Waals surface area contributed by atoms with Gasteiger partial charge in [-0.3, -0.25) is 14.3 Å². The summed E-state index contributed by atoms with van der Waals surface area (Å²) < 4.78 is 7.20. The van der Waals surface area contributed by atoms with Crippen LogP contribution in [0.3, 0.4) is 0 Å². The minimum Gasteiger partial charge on any atom is -0.497 e. The van der Waals surface area contributed by atoms with E-state index < -0.39 is 5.41 Å². The van der Waals surface area contributed by atoms with Crippen molar-refractivity contribution in [2.45, 2.75) is 46.2 Å². The Morgan fingerprint density at radius 1 is 1.06 bits per heavy atom. The molecule has 0 saturated carbocycles. The molecule has 0 unspecified atom stereocenters. The number of nitrogens with one attached hydrogen (secondary N) is 1. The predicted octanol–water partition coefficient (Wildman–Crippen LogP) is 4.37. The van der Waals surface area contributed by atoms with E-state index in [4.69, 9.17) is 9.84 Å². The Balaban J connectivity index is 1.53. The molecule has 1 fully saturated rings. The van der Waals surface area contributed by atoms with E-state index in [9.17, 15) is 9.59 Å². The van der Waals surface area contributed by atoms with Crippen LogP contribution in [0.1, 0.15) is 49.5 Å². The topological polar surface area (TPSA) is 76.5 Å². The number of amides is 2. The van der Waals surface area contributed by atoms with E-state index in [-0.39, 0.29) is 17.9 Å². The SMILES string of the molecule is COc1cccc(-c2nn(Cc3ccccc3)cc2C(=O)NC2CCN(C(=O)C(C)(C)C)CC2)c1. The fourth-order valence-corrected chi connectivity index (χ4v) is 4.39. The number of carbonyl (C=O) groups excluding carboxylic acids is 2. The lowest BCUT2D eigenvalue weighted by Gasteiger charge is -2.36. The highest BCUT2D eigenvalue weighted by molar-refractivity contribution is 6.00. The number of hydrogen-bond donors (Lipinski definition) is 1. The van der Waals surface area contributed by atoms with E-state index in [1.54, 1.807) is 7.11 Å². The van der Waals surface area contributed by atoms with Crippen LogP contribution in [0, 0.1) is 5.41 Å². The van der Waals surface area contributed by atoms with Gasteiger partial charge in [0.25, 0.3) is 5.91 Å². The molecule has 2 aromatic carbocycles. The standard InChI is InChI=1S/C28H34N4O3/c1-28(2,3)27(34)31-15-13-22(14-16-31)29-26(33)24-19-32(18-20-9-6-5-7-10-20)30-25(24)21-11-8-12-23(17-21)35-4/h5-12,17,19,22H,13-16,18H2,1-4H3,(H,29,33). The summed E-state index contributed by atoms with van der Waals surface area (Å²) in [5.74, 6) is 0.717. The zero-order chi connectivity index (χ0) is 25.0. The third kappa shape index (κ3) is 5.91. The van der Waals surface area contributed by atoms with E-state index >= 15 is 0 Å². The summed E-state index contributed by atoms with van der Waals surface area (Å²) >= 11 is 0.